The van der Waals surface area contributed by atoms with Crippen LogP contribution in [0.3, 0.4) is 0 Å². The quantitative estimate of drug-likeness (QED) is 0.927. The predicted octanol–water partition coefficient (Wildman–Crippen LogP) is 2.46. The van der Waals surface area contributed by atoms with Crippen LogP contribution in [0.2, 0.25) is 0 Å². The van der Waals surface area contributed by atoms with Crippen LogP contribution in [0.15, 0.2) is 30.3 Å². The van der Waals surface area contributed by atoms with E-state index in [1.165, 1.54) is 18.4 Å². The maximum Gasteiger partial charge on any atom is 0.317 e. The smallest absolute Gasteiger partial charge is 0.317 e. The van der Waals surface area contributed by atoms with Gasteiger partial charge in [0.05, 0.1) is 0 Å². The zero-order valence-corrected chi connectivity index (χ0v) is 12.6. The van der Waals surface area contributed by atoms with Gasteiger partial charge in [0.15, 0.2) is 0 Å². The second-order valence-corrected chi connectivity index (χ2v) is 6.18. The Balaban J connectivity index is 1.43. The van der Waals surface area contributed by atoms with Gasteiger partial charge in [0.2, 0.25) is 0 Å². The molecular formula is C17H25N3O. The molecule has 0 unspecified atom stereocenters. The Kier molecular flexibility index (Phi) is 4.76. The molecule has 1 aromatic rings. The first kappa shape index (κ1) is 14.4. The molecule has 21 heavy (non-hydrogen) atoms. The Hall–Kier alpha value is -1.55. The number of rotatable bonds is 3. The van der Waals surface area contributed by atoms with Gasteiger partial charge in [0.1, 0.15) is 0 Å². The van der Waals surface area contributed by atoms with Crippen molar-refractivity contribution in [2.75, 3.05) is 26.2 Å². The number of piperazine rings is 1. The fourth-order valence-corrected chi connectivity index (χ4v) is 3.29. The van der Waals surface area contributed by atoms with Gasteiger partial charge in [0.25, 0.3) is 0 Å². The molecule has 1 N–H and O–H groups in total. The molecule has 1 aliphatic heterocycles. The van der Waals surface area contributed by atoms with Crippen LogP contribution < -0.4 is 5.32 Å². The standard InChI is InChI=1S/C17H25N3O/c21-17(18-16-8-4-5-9-16)20-12-10-19(11-13-20)14-15-6-2-1-3-7-15/h1-3,6-7,16H,4-5,8-14H2,(H,18,21). The van der Waals surface area contributed by atoms with E-state index in [1.54, 1.807) is 0 Å². The van der Waals surface area contributed by atoms with Crippen molar-refractivity contribution >= 4 is 6.03 Å². The topological polar surface area (TPSA) is 35.6 Å². The fraction of sp³-hybridized carbons (Fsp3) is 0.588. The van der Waals surface area contributed by atoms with E-state index in [0.717, 1.165) is 45.6 Å². The fourth-order valence-electron chi connectivity index (χ4n) is 3.29. The number of carbonyl (C=O) groups excluding carboxylic acids is 1. The highest BCUT2D eigenvalue weighted by atomic mass is 16.2. The summed E-state index contributed by atoms with van der Waals surface area (Å²) in [5.74, 6) is 0. The van der Waals surface area contributed by atoms with Gasteiger partial charge in [-0.1, -0.05) is 43.2 Å². The molecule has 2 aliphatic rings. The van der Waals surface area contributed by atoms with E-state index in [1.807, 2.05) is 4.90 Å². The van der Waals surface area contributed by atoms with Crippen LogP contribution >= 0.6 is 0 Å². The van der Waals surface area contributed by atoms with E-state index in [4.69, 9.17) is 0 Å². The molecule has 1 saturated carbocycles. The zero-order valence-electron chi connectivity index (χ0n) is 12.6. The molecule has 1 aliphatic carbocycles. The van der Waals surface area contributed by atoms with Crippen molar-refractivity contribution in [1.29, 1.82) is 0 Å². The van der Waals surface area contributed by atoms with Crippen LogP contribution in [-0.2, 0) is 6.54 Å². The monoisotopic (exact) mass is 287 g/mol. The largest absolute Gasteiger partial charge is 0.335 e. The van der Waals surface area contributed by atoms with E-state index in [9.17, 15) is 4.79 Å². The average Bonchev–Trinajstić information content (AvgIpc) is 3.02. The number of nitrogens with one attached hydrogen (secondary N) is 1. The minimum atomic E-state index is 0.140. The third-order valence-corrected chi connectivity index (χ3v) is 4.59. The average molecular weight is 287 g/mol. The number of nitrogens with zero attached hydrogens (tertiary/aromatic N) is 2. The summed E-state index contributed by atoms with van der Waals surface area (Å²) >= 11 is 0. The molecule has 0 bridgehead atoms. The summed E-state index contributed by atoms with van der Waals surface area (Å²) in [6.07, 6.45) is 4.82. The molecule has 0 aromatic heterocycles. The summed E-state index contributed by atoms with van der Waals surface area (Å²) in [7, 11) is 0. The van der Waals surface area contributed by atoms with Crippen LogP contribution in [0.4, 0.5) is 4.79 Å². The van der Waals surface area contributed by atoms with E-state index >= 15 is 0 Å². The first-order chi connectivity index (χ1) is 10.3. The second-order valence-electron chi connectivity index (χ2n) is 6.18. The summed E-state index contributed by atoms with van der Waals surface area (Å²) in [4.78, 5) is 16.6. The number of hydrogen-bond donors (Lipinski definition) is 1. The third kappa shape index (κ3) is 3.97. The number of carbonyl (C=O) groups is 1. The lowest BCUT2D eigenvalue weighted by Crippen LogP contribution is -2.52. The van der Waals surface area contributed by atoms with Gasteiger partial charge in [-0.15, -0.1) is 0 Å². The molecule has 4 heteroatoms. The lowest BCUT2D eigenvalue weighted by atomic mass is 10.2. The highest BCUT2D eigenvalue weighted by Crippen LogP contribution is 2.18. The molecular weight excluding hydrogens is 262 g/mol. The predicted molar refractivity (Wildman–Crippen MR) is 84.1 cm³/mol. The minimum Gasteiger partial charge on any atom is -0.335 e. The van der Waals surface area contributed by atoms with Gasteiger partial charge in [-0.3, -0.25) is 4.90 Å². The normalized spacial score (nSPS) is 20.7. The van der Waals surface area contributed by atoms with Gasteiger partial charge in [-0.2, -0.15) is 0 Å². The lowest BCUT2D eigenvalue weighted by Gasteiger charge is -2.35. The highest BCUT2D eigenvalue weighted by molar-refractivity contribution is 5.74. The summed E-state index contributed by atoms with van der Waals surface area (Å²) in [6, 6.07) is 11.1. The van der Waals surface area contributed by atoms with Crippen molar-refractivity contribution in [3.05, 3.63) is 35.9 Å². The number of urea groups is 1. The molecule has 0 spiro atoms. The molecule has 2 fully saturated rings. The van der Waals surface area contributed by atoms with Crippen molar-refractivity contribution < 1.29 is 4.79 Å². The molecule has 4 nitrogen and oxygen atoms in total. The van der Waals surface area contributed by atoms with Gasteiger partial charge in [-0.05, 0) is 18.4 Å². The van der Waals surface area contributed by atoms with Crippen LogP contribution in [0.25, 0.3) is 0 Å². The lowest BCUT2D eigenvalue weighted by molar-refractivity contribution is 0.133. The van der Waals surface area contributed by atoms with Crippen LogP contribution in [-0.4, -0.2) is 48.1 Å². The Morgan fingerprint density at radius 2 is 1.71 bits per heavy atom. The van der Waals surface area contributed by atoms with E-state index < -0.39 is 0 Å². The maximum absolute atomic E-state index is 12.2. The molecule has 1 saturated heterocycles. The van der Waals surface area contributed by atoms with Gasteiger partial charge < -0.3 is 10.2 Å². The Morgan fingerprint density at radius 1 is 1.05 bits per heavy atom. The van der Waals surface area contributed by atoms with Crippen LogP contribution in [0.1, 0.15) is 31.2 Å². The number of benzene rings is 1. The number of hydrogen-bond acceptors (Lipinski definition) is 2. The van der Waals surface area contributed by atoms with Gasteiger partial charge in [-0.25, -0.2) is 4.79 Å². The molecule has 114 valence electrons. The first-order valence-electron chi connectivity index (χ1n) is 8.13. The second kappa shape index (κ2) is 6.94. The van der Waals surface area contributed by atoms with Crippen LogP contribution in [0.5, 0.6) is 0 Å². The van der Waals surface area contributed by atoms with Crippen molar-refractivity contribution in [2.24, 2.45) is 0 Å². The van der Waals surface area contributed by atoms with E-state index in [-0.39, 0.29) is 6.03 Å². The molecule has 0 radical (unpaired) electrons. The summed E-state index contributed by atoms with van der Waals surface area (Å²) in [6.45, 7) is 4.59. The molecule has 2 amide bonds. The zero-order chi connectivity index (χ0) is 14.5. The summed E-state index contributed by atoms with van der Waals surface area (Å²) in [5, 5.41) is 3.18. The van der Waals surface area contributed by atoms with E-state index in [0.29, 0.717) is 6.04 Å². The Labute approximate surface area is 127 Å². The van der Waals surface area contributed by atoms with Gasteiger partial charge in [0, 0.05) is 38.8 Å². The van der Waals surface area contributed by atoms with Crippen molar-refractivity contribution in [2.45, 2.75) is 38.3 Å². The Bertz CT molecular complexity index is 448. The minimum absolute atomic E-state index is 0.140. The third-order valence-electron chi connectivity index (χ3n) is 4.59. The molecule has 1 aromatic carbocycles. The van der Waals surface area contributed by atoms with Crippen molar-refractivity contribution in [1.82, 2.24) is 15.1 Å². The highest BCUT2D eigenvalue weighted by Gasteiger charge is 2.24. The maximum atomic E-state index is 12.2. The Morgan fingerprint density at radius 3 is 2.38 bits per heavy atom. The van der Waals surface area contributed by atoms with E-state index in [2.05, 4.69) is 40.5 Å². The molecule has 0 atom stereocenters. The summed E-state index contributed by atoms with van der Waals surface area (Å²) in [5.41, 5.74) is 1.35. The van der Waals surface area contributed by atoms with Gasteiger partial charge >= 0.3 is 6.03 Å². The first-order valence-corrected chi connectivity index (χ1v) is 8.13. The van der Waals surface area contributed by atoms with Crippen LogP contribution in [0, 0.1) is 0 Å². The van der Waals surface area contributed by atoms with Crippen molar-refractivity contribution in [3.63, 3.8) is 0 Å². The molecule has 1 heterocycles. The van der Waals surface area contributed by atoms with Crippen molar-refractivity contribution in [3.8, 4) is 0 Å². The SMILES string of the molecule is O=C(NC1CCCC1)N1CCN(Cc2ccccc2)CC1. The number of amides is 2. The molecule has 3 rings (SSSR count). The summed E-state index contributed by atoms with van der Waals surface area (Å²) < 4.78 is 0.